The molecule has 2 aromatic carbocycles. The van der Waals surface area contributed by atoms with Crippen LogP contribution in [0.1, 0.15) is 6.92 Å². The number of hydrogen-bond donors (Lipinski definition) is 1. The first kappa shape index (κ1) is 16.5. The molecule has 0 atom stereocenters. The summed E-state index contributed by atoms with van der Waals surface area (Å²) >= 11 is 6.02. The maximum Gasteiger partial charge on any atom is 0.261 e. The van der Waals surface area contributed by atoms with Crippen LogP contribution in [0.4, 0.5) is 5.69 Å². The van der Waals surface area contributed by atoms with Gasteiger partial charge in [0, 0.05) is 5.69 Å². The molecule has 0 aliphatic carbocycles. The van der Waals surface area contributed by atoms with Crippen molar-refractivity contribution in [2.24, 2.45) is 0 Å². The van der Waals surface area contributed by atoms with Crippen LogP contribution < -0.4 is 14.2 Å². The lowest BCUT2D eigenvalue weighted by Gasteiger charge is -2.11. The van der Waals surface area contributed by atoms with Crippen LogP contribution in [0.2, 0.25) is 5.02 Å². The lowest BCUT2D eigenvalue weighted by Crippen LogP contribution is -2.13. The fourth-order valence-electron chi connectivity index (χ4n) is 1.79. The highest BCUT2D eigenvalue weighted by molar-refractivity contribution is 7.92. The number of ether oxygens (including phenoxy) is 2. The lowest BCUT2D eigenvalue weighted by atomic mass is 10.3. The van der Waals surface area contributed by atoms with E-state index < -0.39 is 10.0 Å². The molecule has 1 N–H and O–H groups in total. The van der Waals surface area contributed by atoms with Crippen LogP contribution in [-0.2, 0) is 10.0 Å². The second-order valence-electron chi connectivity index (χ2n) is 4.36. The first-order chi connectivity index (χ1) is 10.5. The molecule has 22 heavy (non-hydrogen) atoms. The van der Waals surface area contributed by atoms with E-state index in [1.807, 2.05) is 6.92 Å². The van der Waals surface area contributed by atoms with Gasteiger partial charge in [0.25, 0.3) is 10.0 Å². The Labute approximate surface area is 134 Å². The molecule has 5 nitrogen and oxygen atoms in total. The van der Waals surface area contributed by atoms with E-state index in [9.17, 15) is 8.42 Å². The van der Waals surface area contributed by atoms with E-state index in [-0.39, 0.29) is 9.92 Å². The Morgan fingerprint density at radius 1 is 1.14 bits per heavy atom. The van der Waals surface area contributed by atoms with Gasteiger partial charge in [-0.1, -0.05) is 11.6 Å². The van der Waals surface area contributed by atoms with Gasteiger partial charge < -0.3 is 9.47 Å². The molecule has 0 saturated carbocycles. The third-order valence-corrected chi connectivity index (χ3v) is 4.53. The van der Waals surface area contributed by atoms with Crippen molar-refractivity contribution >= 4 is 27.3 Å². The van der Waals surface area contributed by atoms with Gasteiger partial charge in [0.2, 0.25) is 0 Å². The van der Waals surface area contributed by atoms with Crippen LogP contribution in [0, 0.1) is 0 Å². The third-order valence-electron chi connectivity index (χ3n) is 2.86. The number of sulfonamides is 1. The Hall–Kier alpha value is -1.92. The van der Waals surface area contributed by atoms with E-state index in [0.29, 0.717) is 23.8 Å². The molecule has 0 unspecified atom stereocenters. The van der Waals surface area contributed by atoms with E-state index in [1.54, 1.807) is 31.4 Å². The van der Waals surface area contributed by atoms with Crippen molar-refractivity contribution in [1.29, 1.82) is 0 Å². The van der Waals surface area contributed by atoms with Gasteiger partial charge in [0.1, 0.15) is 11.5 Å². The van der Waals surface area contributed by atoms with E-state index >= 15 is 0 Å². The van der Waals surface area contributed by atoms with Crippen LogP contribution in [0.3, 0.4) is 0 Å². The van der Waals surface area contributed by atoms with Gasteiger partial charge in [-0.2, -0.15) is 0 Å². The Bertz CT molecular complexity index is 745. The fraction of sp³-hybridized carbons (Fsp3) is 0.200. The Morgan fingerprint density at radius 2 is 1.82 bits per heavy atom. The monoisotopic (exact) mass is 341 g/mol. The average molecular weight is 342 g/mol. The Balaban J connectivity index is 2.24. The van der Waals surface area contributed by atoms with Crippen LogP contribution >= 0.6 is 11.6 Å². The SMILES string of the molecule is CCOc1ccc(S(=O)(=O)Nc2ccc(OC)cc2)cc1Cl. The van der Waals surface area contributed by atoms with Crippen molar-refractivity contribution < 1.29 is 17.9 Å². The Morgan fingerprint density at radius 3 is 2.36 bits per heavy atom. The highest BCUT2D eigenvalue weighted by atomic mass is 35.5. The normalized spacial score (nSPS) is 11.0. The van der Waals surface area contributed by atoms with Crippen molar-refractivity contribution in [2.45, 2.75) is 11.8 Å². The van der Waals surface area contributed by atoms with Crippen molar-refractivity contribution in [2.75, 3.05) is 18.4 Å². The molecule has 118 valence electrons. The molecule has 0 bridgehead atoms. The first-order valence-corrected chi connectivity index (χ1v) is 8.41. The molecular formula is C15H16ClNO4S. The maximum absolute atomic E-state index is 12.3. The van der Waals surface area contributed by atoms with Gasteiger partial charge in [0.15, 0.2) is 0 Å². The molecule has 0 radical (unpaired) electrons. The first-order valence-electron chi connectivity index (χ1n) is 6.55. The van der Waals surface area contributed by atoms with Crippen molar-refractivity contribution in [1.82, 2.24) is 0 Å². The minimum absolute atomic E-state index is 0.0665. The molecule has 0 aliphatic heterocycles. The molecule has 0 saturated heterocycles. The van der Waals surface area contributed by atoms with Gasteiger partial charge in [0.05, 0.1) is 23.6 Å². The zero-order chi connectivity index (χ0) is 16.2. The van der Waals surface area contributed by atoms with Gasteiger partial charge in [-0.05, 0) is 49.4 Å². The molecule has 2 rings (SSSR count). The van der Waals surface area contributed by atoms with E-state index in [4.69, 9.17) is 21.1 Å². The molecule has 0 aromatic heterocycles. The standard InChI is InChI=1S/C15H16ClNO4S/c1-3-21-15-9-8-13(10-14(15)16)22(18,19)17-11-4-6-12(20-2)7-5-11/h4-10,17H,3H2,1-2H3. The largest absolute Gasteiger partial charge is 0.497 e. The second kappa shape index (κ2) is 6.89. The quantitative estimate of drug-likeness (QED) is 0.872. The molecule has 2 aromatic rings. The average Bonchev–Trinajstić information content (AvgIpc) is 2.50. The van der Waals surface area contributed by atoms with Gasteiger partial charge in [-0.25, -0.2) is 8.42 Å². The summed E-state index contributed by atoms with van der Waals surface area (Å²) in [6, 6.07) is 10.9. The number of benzene rings is 2. The predicted molar refractivity (Wildman–Crippen MR) is 86.4 cm³/mol. The predicted octanol–water partition coefficient (Wildman–Crippen LogP) is 3.55. The summed E-state index contributed by atoms with van der Waals surface area (Å²) in [5.74, 6) is 1.10. The lowest BCUT2D eigenvalue weighted by molar-refractivity contribution is 0.340. The molecule has 0 fully saturated rings. The van der Waals surface area contributed by atoms with Gasteiger partial charge >= 0.3 is 0 Å². The fourth-order valence-corrected chi connectivity index (χ4v) is 3.18. The summed E-state index contributed by atoms with van der Waals surface area (Å²) < 4.78 is 37.5. The number of anilines is 1. The summed E-state index contributed by atoms with van der Waals surface area (Å²) in [7, 11) is -2.18. The number of halogens is 1. The second-order valence-corrected chi connectivity index (χ2v) is 6.45. The molecule has 0 amide bonds. The molecule has 0 heterocycles. The van der Waals surface area contributed by atoms with Crippen LogP contribution in [0.25, 0.3) is 0 Å². The molecule has 0 aliphatic rings. The summed E-state index contributed by atoms with van der Waals surface area (Å²) in [5, 5.41) is 0.249. The number of hydrogen-bond acceptors (Lipinski definition) is 4. The number of rotatable bonds is 6. The Kier molecular flexibility index (Phi) is 5.15. The van der Waals surface area contributed by atoms with Crippen molar-refractivity contribution in [3.8, 4) is 11.5 Å². The van der Waals surface area contributed by atoms with Gasteiger partial charge in [-0.15, -0.1) is 0 Å². The maximum atomic E-state index is 12.3. The summed E-state index contributed by atoms with van der Waals surface area (Å²) in [6.07, 6.45) is 0. The third kappa shape index (κ3) is 3.84. The zero-order valence-corrected chi connectivity index (χ0v) is 13.7. The molecule has 0 spiro atoms. The topological polar surface area (TPSA) is 64.6 Å². The minimum atomic E-state index is -3.72. The number of nitrogens with one attached hydrogen (secondary N) is 1. The van der Waals surface area contributed by atoms with Crippen molar-refractivity contribution in [3.05, 3.63) is 47.5 Å². The highest BCUT2D eigenvalue weighted by Crippen LogP contribution is 2.28. The summed E-state index contributed by atoms with van der Waals surface area (Å²) in [4.78, 5) is 0.0665. The highest BCUT2D eigenvalue weighted by Gasteiger charge is 2.16. The van der Waals surface area contributed by atoms with E-state index in [2.05, 4.69) is 4.72 Å². The summed E-state index contributed by atoms with van der Waals surface area (Å²) in [6.45, 7) is 2.28. The van der Waals surface area contributed by atoms with Crippen LogP contribution in [0.15, 0.2) is 47.4 Å². The smallest absolute Gasteiger partial charge is 0.261 e. The van der Waals surface area contributed by atoms with Gasteiger partial charge in [-0.3, -0.25) is 4.72 Å². The van der Waals surface area contributed by atoms with E-state index in [1.165, 1.54) is 18.2 Å². The van der Waals surface area contributed by atoms with E-state index in [0.717, 1.165) is 0 Å². The van der Waals surface area contributed by atoms with Crippen molar-refractivity contribution in [3.63, 3.8) is 0 Å². The minimum Gasteiger partial charge on any atom is -0.497 e. The molecule has 7 heteroatoms. The number of methoxy groups -OCH3 is 1. The van der Waals surface area contributed by atoms with Crippen LogP contribution in [0.5, 0.6) is 11.5 Å². The van der Waals surface area contributed by atoms with Crippen LogP contribution in [-0.4, -0.2) is 22.1 Å². The zero-order valence-electron chi connectivity index (χ0n) is 12.2. The summed E-state index contributed by atoms with van der Waals surface area (Å²) in [5.41, 5.74) is 0.436. The molecular weight excluding hydrogens is 326 g/mol.